The summed E-state index contributed by atoms with van der Waals surface area (Å²) < 4.78 is 73.6. The predicted molar refractivity (Wildman–Crippen MR) is 104 cm³/mol. The van der Waals surface area contributed by atoms with E-state index < -0.39 is 35.9 Å². The molecule has 166 valence electrons. The number of ether oxygens (including phenoxy) is 1. The van der Waals surface area contributed by atoms with Gasteiger partial charge in [-0.2, -0.15) is 9.37 Å². The van der Waals surface area contributed by atoms with Gasteiger partial charge < -0.3 is 14.6 Å². The zero-order valence-corrected chi connectivity index (χ0v) is 16.8. The van der Waals surface area contributed by atoms with Gasteiger partial charge in [0.05, 0.1) is 17.9 Å². The molecule has 2 aromatic rings. The number of allylic oxidation sites excluding steroid dienone is 4. The van der Waals surface area contributed by atoms with Gasteiger partial charge in [-0.15, -0.1) is 0 Å². The molecule has 0 fully saturated rings. The van der Waals surface area contributed by atoms with Gasteiger partial charge in [0.25, 0.3) is 0 Å². The van der Waals surface area contributed by atoms with Crippen molar-refractivity contribution in [1.82, 2.24) is 14.5 Å². The molecule has 3 unspecified atom stereocenters. The lowest BCUT2D eigenvalue weighted by Crippen LogP contribution is -2.23. The van der Waals surface area contributed by atoms with Crippen LogP contribution in [-0.4, -0.2) is 33.2 Å². The molecule has 1 aliphatic carbocycles. The Bertz CT molecular complexity index is 1110. The van der Waals surface area contributed by atoms with E-state index in [4.69, 9.17) is 4.74 Å². The monoisotopic (exact) mass is 442 g/mol. The Hall–Kier alpha value is -3.24. The summed E-state index contributed by atoms with van der Waals surface area (Å²) in [5.74, 6) is -2.54. The van der Waals surface area contributed by atoms with Gasteiger partial charge in [-0.25, -0.2) is 22.5 Å². The van der Waals surface area contributed by atoms with Crippen LogP contribution in [0, 0.1) is 19.7 Å². The number of halogens is 5. The number of aryl methyl sites for hydroxylation is 2. The van der Waals surface area contributed by atoms with E-state index in [0.717, 1.165) is 22.9 Å². The molecule has 0 spiro atoms. The summed E-state index contributed by atoms with van der Waals surface area (Å²) in [6.45, 7) is 4.11. The Balaban J connectivity index is 1.96. The number of rotatable bonds is 6. The second-order valence-electron chi connectivity index (χ2n) is 6.99. The van der Waals surface area contributed by atoms with Gasteiger partial charge in [0.1, 0.15) is 5.83 Å². The average molecular weight is 442 g/mol. The van der Waals surface area contributed by atoms with Crippen molar-refractivity contribution in [2.45, 2.75) is 46.0 Å². The van der Waals surface area contributed by atoms with Crippen LogP contribution in [0.5, 0.6) is 5.88 Å². The minimum Gasteiger partial charge on any atom is -0.443 e. The van der Waals surface area contributed by atoms with Crippen molar-refractivity contribution in [1.29, 1.82) is 0 Å². The number of alkyl halides is 3. The zero-order chi connectivity index (χ0) is 22.9. The molecular weight excluding hydrogens is 423 g/mol. The Labute approximate surface area is 174 Å². The van der Waals surface area contributed by atoms with Crippen molar-refractivity contribution < 1.29 is 26.7 Å². The maximum Gasteiger partial charge on any atom is 0.310 e. The van der Waals surface area contributed by atoms with Crippen molar-refractivity contribution in [3.05, 3.63) is 63.2 Å². The molecule has 1 aliphatic rings. The third kappa shape index (κ3) is 5.09. The number of pyridine rings is 1. The van der Waals surface area contributed by atoms with Crippen LogP contribution in [0.15, 0.2) is 40.6 Å². The fourth-order valence-electron chi connectivity index (χ4n) is 2.93. The van der Waals surface area contributed by atoms with Gasteiger partial charge >= 0.3 is 5.56 Å². The Morgan fingerprint density at radius 3 is 2.61 bits per heavy atom. The standard InChI is InChI=1S/C20H19F5N4O2/c1-9-4-16(10(2)26-19(9)31-11(3)21)27-20-28-18(30)15(24)8-29(20)7-12-5-13(22)17(25)14(23)6-12/h4-6,8,11,13,17H,7H2,1-3H3,(H,27,28,30). The molecule has 0 bridgehead atoms. The van der Waals surface area contributed by atoms with Gasteiger partial charge in [-0.05, 0) is 37.6 Å². The number of aromatic nitrogens is 3. The topological polar surface area (TPSA) is 69.0 Å². The molecule has 0 radical (unpaired) electrons. The Kier molecular flexibility index (Phi) is 6.42. The minimum absolute atomic E-state index is 0.0264. The van der Waals surface area contributed by atoms with Gasteiger partial charge in [-0.1, -0.05) is 0 Å². The second kappa shape index (κ2) is 8.86. The summed E-state index contributed by atoms with van der Waals surface area (Å²) in [4.78, 5) is 19.5. The fraction of sp³-hybridized carbons (Fsp3) is 0.350. The highest BCUT2D eigenvalue weighted by Gasteiger charge is 2.28. The lowest BCUT2D eigenvalue weighted by Gasteiger charge is -2.19. The molecule has 0 aromatic carbocycles. The van der Waals surface area contributed by atoms with Gasteiger partial charge in [0.2, 0.25) is 24.0 Å². The van der Waals surface area contributed by atoms with Gasteiger partial charge in [0.15, 0.2) is 12.3 Å². The van der Waals surface area contributed by atoms with Crippen LogP contribution in [0.25, 0.3) is 0 Å². The molecule has 0 saturated heterocycles. The highest BCUT2D eigenvalue weighted by Crippen LogP contribution is 2.28. The second-order valence-corrected chi connectivity index (χ2v) is 6.99. The van der Waals surface area contributed by atoms with Crippen LogP contribution in [0.3, 0.4) is 0 Å². The number of hydrogen-bond acceptors (Lipinski definition) is 5. The van der Waals surface area contributed by atoms with Crippen molar-refractivity contribution in [3.8, 4) is 5.88 Å². The SMILES string of the molecule is Cc1cc(Nc2nc(=O)c(F)cn2CC2=CC(F)C(F)C(F)=C2)c(C)nc1OC(C)F. The first-order chi connectivity index (χ1) is 14.5. The molecule has 1 N–H and O–H groups in total. The van der Waals surface area contributed by atoms with Crippen LogP contribution < -0.4 is 15.6 Å². The minimum atomic E-state index is -2.39. The van der Waals surface area contributed by atoms with Crippen molar-refractivity contribution in [2.75, 3.05) is 5.32 Å². The molecule has 11 heteroatoms. The lowest BCUT2D eigenvalue weighted by atomic mass is 10.0. The van der Waals surface area contributed by atoms with Crippen molar-refractivity contribution >= 4 is 11.6 Å². The highest BCUT2D eigenvalue weighted by molar-refractivity contribution is 5.59. The third-order valence-corrected chi connectivity index (χ3v) is 4.42. The molecular formula is C20H19F5N4O2. The molecule has 3 rings (SSSR count). The van der Waals surface area contributed by atoms with E-state index in [9.17, 15) is 26.7 Å². The molecule has 2 aromatic heterocycles. The highest BCUT2D eigenvalue weighted by atomic mass is 19.2. The van der Waals surface area contributed by atoms with E-state index in [-0.39, 0.29) is 23.9 Å². The van der Waals surface area contributed by atoms with Gasteiger partial charge in [0, 0.05) is 18.7 Å². The maximum absolute atomic E-state index is 13.9. The third-order valence-electron chi connectivity index (χ3n) is 4.42. The average Bonchev–Trinajstić information content (AvgIpc) is 2.67. The predicted octanol–water partition coefficient (Wildman–Crippen LogP) is 4.30. The summed E-state index contributed by atoms with van der Waals surface area (Å²) in [6.07, 6.45) is -3.66. The largest absolute Gasteiger partial charge is 0.443 e. The quantitative estimate of drug-likeness (QED) is 0.676. The van der Waals surface area contributed by atoms with Crippen LogP contribution in [0.2, 0.25) is 0 Å². The normalized spacial score (nSPS) is 19.5. The summed E-state index contributed by atoms with van der Waals surface area (Å²) in [7, 11) is 0. The van der Waals surface area contributed by atoms with Crippen LogP contribution >= 0.6 is 0 Å². The number of anilines is 2. The molecule has 0 amide bonds. The van der Waals surface area contributed by atoms with E-state index >= 15 is 0 Å². The summed E-state index contributed by atoms with van der Waals surface area (Å²) in [6, 6.07) is 1.56. The molecule has 6 nitrogen and oxygen atoms in total. The zero-order valence-electron chi connectivity index (χ0n) is 16.8. The van der Waals surface area contributed by atoms with E-state index in [1.54, 1.807) is 19.9 Å². The van der Waals surface area contributed by atoms with Crippen molar-refractivity contribution in [2.24, 2.45) is 0 Å². The smallest absolute Gasteiger partial charge is 0.310 e. The lowest BCUT2D eigenvalue weighted by molar-refractivity contribution is 0.0800. The molecule has 2 heterocycles. The van der Waals surface area contributed by atoms with Crippen LogP contribution in [-0.2, 0) is 6.54 Å². The summed E-state index contributed by atoms with van der Waals surface area (Å²) in [5, 5.41) is 2.81. The first kappa shape index (κ1) is 22.4. The fourth-order valence-corrected chi connectivity index (χ4v) is 2.93. The maximum atomic E-state index is 13.9. The molecule has 31 heavy (non-hydrogen) atoms. The number of hydrogen-bond donors (Lipinski definition) is 1. The summed E-state index contributed by atoms with van der Waals surface area (Å²) >= 11 is 0. The Morgan fingerprint density at radius 2 is 1.97 bits per heavy atom. The van der Waals surface area contributed by atoms with Crippen LogP contribution in [0.4, 0.5) is 33.6 Å². The summed E-state index contributed by atoms with van der Waals surface area (Å²) in [5.41, 5.74) is 0.0636. The Morgan fingerprint density at radius 1 is 1.26 bits per heavy atom. The van der Waals surface area contributed by atoms with E-state index in [2.05, 4.69) is 15.3 Å². The molecule has 3 atom stereocenters. The molecule has 0 aliphatic heterocycles. The van der Waals surface area contributed by atoms with Crippen molar-refractivity contribution in [3.63, 3.8) is 0 Å². The first-order valence-corrected chi connectivity index (χ1v) is 9.24. The number of nitrogens with zero attached hydrogens (tertiary/aromatic N) is 3. The molecule has 0 saturated carbocycles. The van der Waals surface area contributed by atoms with E-state index in [1.807, 2.05) is 0 Å². The first-order valence-electron chi connectivity index (χ1n) is 9.24. The van der Waals surface area contributed by atoms with E-state index in [0.29, 0.717) is 16.9 Å². The number of nitrogens with one attached hydrogen (secondary N) is 1. The van der Waals surface area contributed by atoms with Gasteiger partial charge in [-0.3, -0.25) is 4.79 Å². The van der Waals surface area contributed by atoms with Crippen LogP contribution in [0.1, 0.15) is 18.2 Å². The van der Waals surface area contributed by atoms with E-state index in [1.165, 1.54) is 6.92 Å².